The van der Waals surface area contributed by atoms with Crippen LogP contribution in [0.5, 0.6) is 0 Å². The zero-order valence-corrected chi connectivity index (χ0v) is 18.6. The van der Waals surface area contributed by atoms with E-state index in [9.17, 15) is 14.4 Å². The summed E-state index contributed by atoms with van der Waals surface area (Å²) in [5.41, 5.74) is 1.55. The summed E-state index contributed by atoms with van der Waals surface area (Å²) >= 11 is 0. The summed E-state index contributed by atoms with van der Waals surface area (Å²) in [5, 5.41) is 7.78. The van der Waals surface area contributed by atoms with E-state index in [0.29, 0.717) is 11.3 Å². The molecule has 1 saturated heterocycles. The van der Waals surface area contributed by atoms with Gasteiger partial charge in [0, 0.05) is 11.3 Å². The number of benzene rings is 4. The van der Waals surface area contributed by atoms with Crippen LogP contribution in [-0.4, -0.2) is 22.7 Å². The minimum absolute atomic E-state index is 0.119. The zero-order chi connectivity index (χ0) is 23.7. The summed E-state index contributed by atoms with van der Waals surface area (Å²) < 4.78 is 0. The van der Waals surface area contributed by atoms with Gasteiger partial charge in [-0.1, -0.05) is 66.7 Å². The Labute approximate surface area is 197 Å². The number of nitrogens with zero attached hydrogens (tertiary/aromatic N) is 1. The number of carbonyl (C=O) groups excluding carboxylic acids is 3. The Bertz CT molecular complexity index is 1400. The number of imide groups is 1. The molecule has 1 aliphatic rings. The molecule has 6 nitrogen and oxygen atoms in total. The minimum atomic E-state index is -1.14. The molecule has 0 aromatic heterocycles. The van der Waals surface area contributed by atoms with Crippen molar-refractivity contribution < 1.29 is 14.4 Å². The molecule has 4 aromatic rings. The Hall–Kier alpha value is -4.45. The van der Waals surface area contributed by atoms with Crippen LogP contribution in [-0.2, 0) is 16.9 Å². The van der Waals surface area contributed by atoms with Crippen molar-refractivity contribution in [2.45, 2.75) is 19.0 Å². The fraction of sp³-hybridized carbons (Fsp3) is 0.107. The second-order valence-corrected chi connectivity index (χ2v) is 8.53. The van der Waals surface area contributed by atoms with Gasteiger partial charge in [0.2, 0.25) is 0 Å². The highest BCUT2D eigenvalue weighted by Crippen LogP contribution is 2.31. The molecule has 34 heavy (non-hydrogen) atoms. The Balaban J connectivity index is 1.32. The topological polar surface area (TPSA) is 78.5 Å². The van der Waals surface area contributed by atoms with Crippen molar-refractivity contribution in [3.8, 4) is 0 Å². The van der Waals surface area contributed by atoms with Crippen LogP contribution in [0.1, 0.15) is 28.4 Å². The Morgan fingerprint density at radius 1 is 0.853 bits per heavy atom. The van der Waals surface area contributed by atoms with E-state index in [1.165, 1.54) is 4.90 Å². The first kappa shape index (κ1) is 21.4. The first-order valence-electron chi connectivity index (χ1n) is 11.0. The number of para-hydroxylation sites is 1. The van der Waals surface area contributed by atoms with Gasteiger partial charge in [0.1, 0.15) is 5.54 Å². The van der Waals surface area contributed by atoms with E-state index in [4.69, 9.17) is 0 Å². The molecule has 1 atom stereocenters. The van der Waals surface area contributed by atoms with Crippen molar-refractivity contribution in [1.29, 1.82) is 0 Å². The molecule has 0 spiro atoms. The molecule has 0 radical (unpaired) electrons. The fourth-order valence-corrected chi connectivity index (χ4v) is 4.21. The molecule has 0 aliphatic carbocycles. The van der Waals surface area contributed by atoms with Crippen LogP contribution >= 0.6 is 0 Å². The van der Waals surface area contributed by atoms with Gasteiger partial charge in [-0.15, -0.1) is 0 Å². The molecular formula is C28H23N3O3. The largest absolute Gasteiger partial charge is 0.325 e. The van der Waals surface area contributed by atoms with Gasteiger partial charge in [-0.2, -0.15) is 0 Å². The highest BCUT2D eigenvalue weighted by molar-refractivity contribution is 6.07. The summed E-state index contributed by atoms with van der Waals surface area (Å²) in [6, 6.07) is 29.3. The molecule has 4 amide bonds. The second-order valence-electron chi connectivity index (χ2n) is 8.53. The van der Waals surface area contributed by atoms with Crippen LogP contribution < -0.4 is 10.6 Å². The van der Waals surface area contributed by atoms with Crippen molar-refractivity contribution in [3.05, 3.63) is 114 Å². The van der Waals surface area contributed by atoms with Crippen molar-refractivity contribution in [1.82, 2.24) is 10.2 Å². The Kier molecular flexibility index (Phi) is 5.34. The third kappa shape index (κ3) is 3.90. The normalized spacial score (nSPS) is 17.6. The van der Waals surface area contributed by atoms with E-state index < -0.39 is 11.6 Å². The lowest BCUT2D eigenvalue weighted by Crippen LogP contribution is -2.40. The lowest BCUT2D eigenvalue weighted by molar-refractivity contribution is -0.131. The first-order valence-corrected chi connectivity index (χ1v) is 11.0. The van der Waals surface area contributed by atoms with E-state index in [1.807, 2.05) is 72.8 Å². The molecule has 1 fully saturated rings. The lowest BCUT2D eigenvalue weighted by atomic mass is 9.90. The van der Waals surface area contributed by atoms with Crippen LogP contribution in [0.4, 0.5) is 10.5 Å². The van der Waals surface area contributed by atoms with Gasteiger partial charge in [0.25, 0.3) is 11.8 Å². The summed E-state index contributed by atoms with van der Waals surface area (Å²) in [7, 11) is 0. The summed E-state index contributed by atoms with van der Waals surface area (Å²) in [5.74, 6) is -0.532. The molecule has 5 rings (SSSR count). The van der Waals surface area contributed by atoms with E-state index in [-0.39, 0.29) is 18.4 Å². The van der Waals surface area contributed by atoms with Gasteiger partial charge >= 0.3 is 6.03 Å². The van der Waals surface area contributed by atoms with E-state index in [1.54, 1.807) is 31.2 Å². The zero-order valence-electron chi connectivity index (χ0n) is 18.6. The fourth-order valence-electron chi connectivity index (χ4n) is 4.21. The van der Waals surface area contributed by atoms with Crippen LogP contribution in [0, 0.1) is 0 Å². The van der Waals surface area contributed by atoms with Crippen molar-refractivity contribution in [2.24, 2.45) is 0 Å². The van der Waals surface area contributed by atoms with E-state index >= 15 is 0 Å². The van der Waals surface area contributed by atoms with Crippen molar-refractivity contribution in [3.63, 3.8) is 0 Å². The number of hydrogen-bond acceptors (Lipinski definition) is 3. The van der Waals surface area contributed by atoms with Crippen molar-refractivity contribution in [2.75, 3.05) is 5.32 Å². The van der Waals surface area contributed by atoms with Gasteiger partial charge in [-0.05, 0) is 59.2 Å². The molecule has 6 heteroatoms. The van der Waals surface area contributed by atoms with Crippen molar-refractivity contribution >= 4 is 34.3 Å². The smallest absolute Gasteiger partial charge is 0.322 e. The number of rotatable bonds is 5. The Morgan fingerprint density at radius 2 is 1.53 bits per heavy atom. The van der Waals surface area contributed by atoms with Gasteiger partial charge in [0.15, 0.2) is 0 Å². The standard InChI is InChI=1S/C28H23N3O3/c1-28(23-16-15-20-7-5-6-8-22(20)17-23)26(33)31(27(34)30-28)18-19-11-13-21(14-12-19)25(32)29-24-9-3-2-4-10-24/h2-17H,18H2,1H3,(H,29,32)(H,30,34). The molecule has 1 aliphatic heterocycles. The van der Waals surface area contributed by atoms with Crippen LogP contribution in [0.15, 0.2) is 97.1 Å². The van der Waals surface area contributed by atoms with Gasteiger partial charge < -0.3 is 10.6 Å². The average Bonchev–Trinajstić information content (AvgIpc) is 3.08. The maximum atomic E-state index is 13.3. The first-order chi connectivity index (χ1) is 16.4. The third-order valence-corrected chi connectivity index (χ3v) is 6.19. The van der Waals surface area contributed by atoms with Gasteiger partial charge in [0.05, 0.1) is 6.54 Å². The quantitative estimate of drug-likeness (QED) is 0.418. The number of nitrogens with one attached hydrogen (secondary N) is 2. The highest BCUT2D eigenvalue weighted by atomic mass is 16.2. The molecule has 2 N–H and O–H groups in total. The number of hydrogen-bond donors (Lipinski definition) is 2. The number of anilines is 1. The predicted molar refractivity (Wildman–Crippen MR) is 131 cm³/mol. The van der Waals surface area contributed by atoms with Crippen LogP contribution in [0.3, 0.4) is 0 Å². The summed E-state index contributed by atoms with van der Waals surface area (Å²) in [4.78, 5) is 39.8. The molecule has 0 saturated carbocycles. The minimum Gasteiger partial charge on any atom is -0.322 e. The van der Waals surface area contributed by atoms with E-state index in [0.717, 1.165) is 21.9 Å². The molecule has 1 unspecified atom stereocenters. The maximum absolute atomic E-state index is 13.3. The van der Waals surface area contributed by atoms with Crippen LogP contribution in [0.25, 0.3) is 10.8 Å². The predicted octanol–water partition coefficient (Wildman–Crippen LogP) is 5.06. The molecular weight excluding hydrogens is 426 g/mol. The third-order valence-electron chi connectivity index (χ3n) is 6.19. The van der Waals surface area contributed by atoms with Gasteiger partial charge in [-0.3, -0.25) is 14.5 Å². The molecule has 4 aromatic carbocycles. The van der Waals surface area contributed by atoms with Crippen LogP contribution in [0.2, 0.25) is 0 Å². The van der Waals surface area contributed by atoms with Gasteiger partial charge in [-0.25, -0.2) is 4.79 Å². The monoisotopic (exact) mass is 449 g/mol. The van der Waals surface area contributed by atoms with E-state index in [2.05, 4.69) is 10.6 Å². The summed E-state index contributed by atoms with van der Waals surface area (Å²) in [6.45, 7) is 1.85. The Morgan fingerprint density at radius 3 is 2.26 bits per heavy atom. The molecule has 168 valence electrons. The number of fused-ring (bicyclic) bond motifs is 1. The number of amides is 4. The number of urea groups is 1. The maximum Gasteiger partial charge on any atom is 0.325 e. The second kappa shape index (κ2) is 8.48. The lowest BCUT2D eigenvalue weighted by Gasteiger charge is -2.23. The highest BCUT2D eigenvalue weighted by Gasteiger charge is 2.48. The SMILES string of the molecule is CC1(c2ccc3ccccc3c2)NC(=O)N(Cc2ccc(C(=O)Nc3ccccc3)cc2)C1=O. The molecule has 1 heterocycles. The summed E-state index contributed by atoms with van der Waals surface area (Å²) in [6.07, 6.45) is 0. The molecule has 0 bridgehead atoms. The number of carbonyl (C=O) groups is 3. The average molecular weight is 450 g/mol.